The minimum absolute atomic E-state index is 0.557. The zero-order chi connectivity index (χ0) is 5.66. The van der Waals surface area contributed by atoms with Gasteiger partial charge >= 0.3 is 60.2 Å². The maximum absolute atomic E-state index is 4.19. The molecule has 0 spiro atoms. The van der Waals surface area contributed by atoms with Crippen LogP contribution in [0, 0.1) is 0 Å². The van der Waals surface area contributed by atoms with Gasteiger partial charge in [-0.15, -0.1) is 0 Å². The average Bonchev–Trinajstić information content (AvgIpc) is 1.62. The van der Waals surface area contributed by atoms with E-state index in [4.69, 9.17) is 0 Å². The number of allylic oxidation sites excluding steroid dienone is 4. The van der Waals surface area contributed by atoms with E-state index in [0.717, 1.165) is 0 Å². The van der Waals surface area contributed by atoms with Gasteiger partial charge in [-0.25, -0.2) is 0 Å². The normalized spacial score (nSPS) is 32.0. The quantitative estimate of drug-likeness (QED) is 0.601. The van der Waals surface area contributed by atoms with E-state index in [1.165, 1.54) is 0 Å². The molecule has 2 heteroatoms. The summed E-state index contributed by atoms with van der Waals surface area (Å²) < 4.78 is 6.39. The van der Waals surface area contributed by atoms with Crippen LogP contribution in [0.3, 0.4) is 0 Å². The second-order valence-electron chi connectivity index (χ2n) is 1.30. The summed E-state index contributed by atoms with van der Waals surface area (Å²) in [6.07, 6.45) is 9.95. The van der Waals surface area contributed by atoms with Crippen LogP contribution >= 0.6 is 0 Å². The van der Waals surface area contributed by atoms with E-state index in [2.05, 4.69) is 12.7 Å². The summed E-state index contributed by atoms with van der Waals surface area (Å²) in [5.41, 5.74) is 0. The third-order valence-corrected chi connectivity index (χ3v) is 2.93. The van der Waals surface area contributed by atoms with Gasteiger partial charge in [0.2, 0.25) is 0 Å². The first kappa shape index (κ1) is 6.03. The Labute approximate surface area is 60.3 Å². The van der Waals surface area contributed by atoms with Crippen molar-refractivity contribution in [1.29, 1.82) is 0 Å². The molecule has 0 unspecified atom stereocenters. The van der Waals surface area contributed by atoms with E-state index < -0.39 is 23.1 Å². The molecular weight excluding hydrogens is 295 g/mol. The zero-order valence-corrected chi connectivity index (χ0v) is 7.84. The van der Waals surface area contributed by atoms with Crippen LogP contribution in [0.15, 0.2) is 37.2 Å². The Morgan fingerprint density at radius 3 is 2.88 bits per heavy atom. The molecule has 0 atom stereocenters. The van der Waals surface area contributed by atoms with Crippen molar-refractivity contribution in [3.63, 3.8) is 0 Å². The predicted octanol–water partition coefficient (Wildman–Crippen LogP) is 1.47. The maximum atomic E-state index is 4.19. The fourth-order valence-corrected chi connectivity index (χ4v) is 1.97. The topological polar surface area (TPSA) is 12.4 Å². The summed E-state index contributed by atoms with van der Waals surface area (Å²) in [6, 6.07) is 0. The Kier molecular flexibility index (Phi) is 2.90. The molecule has 1 heterocycles. The van der Waals surface area contributed by atoms with E-state index in [-0.39, 0.29) is 0 Å². The van der Waals surface area contributed by atoms with Crippen LogP contribution in [0.5, 0.6) is 0 Å². The fraction of sp³-hybridized carbons (Fsp3) is 0. The van der Waals surface area contributed by atoms with Crippen molar-refractivity contribution in [3.8, 4) is 0 Å². The Bertz CT molecular complexity index is 109. The van der Waals surface area contributed by atoms with E-state index in [1.807, 2.05) is 24.4 Å². The van der Waals surface area contributed by atoms with Gasteiger partial charge in [0.05, 0.1) is 0 Å². The van der Waals surface area contributed by atoms with Crippen molar-refractivity contribution >= 4 is 23.1 Å². The van der Waals surface area contributed by atoms with Gasteiger partial charge in [-0.2, -0.15) is 0 Å². The van der Waals surface area contributed by atoms with Crippen LogP contribution in [0.2, 0.25) is 0 Å². The molecule has 0 radical (unpaired) electrons. The Morgan fingerprint density at radius 2 is 1.88 bits per heavy atom. The molecule has 8 heavy (non-hydrogen) atoms. The SMILES string of the molecule is C1=C\C=[CH]/[Bi]=[N]\C=C/1. The number of hydrogen-bond donors (Lipinski definition) is 0. The minimum atomic E-state index is -0.557. The summed E-state index contributed by atoms with van der Waals surface area (Å²) in [4.78, 5) is 0. The van der Waals surface area contributed by atoms with Crippen molar-refractivity contribution in [1.82, 2.24) is 0 Å². The van der Waals surface area contributed by atoms with Crippen LogP contribution in [-0.2, 0) is 0 Å². The van der Waals surface area contributed by atoms with Crippen molar-refractivity contribution in [2.24, 2.45) is 2.87 Å². The third kappa shape index (κ3) is 2.27. The van der Waals surface area contributed by atoms with Gasteiger partial charge in [0.15, 0.2) is 0 Å². The first-order valence-electron chi connectivity index (χ1n) is 2.38. The van der Waals surface area contributed by atoms with Gasteiger partial charge in [0.1, 0.15) is 0 Å². The molecule has 0 N–H and O–H groups in total. The number of hydrogen-bond acceptors (Lipinski definition) is 1. The predicted molar refractivity (Wildman–Crippen MR) is 35.6 cm³/mol. The Balaban J connectivity index is 2.67. The van der Waals surface area contributed by atoms with Gasteiger partial charge in [-0.1, -0.05) is 0 Å². The summed E-state index contributed by atoms with van der Waals surface area (Å²) in [7, 11) is 0. The van der Waals surface area contributed by atoms with E-state index in [1.54, 1.807) is 0 Å². The van der Waals surface area contributed by atoms with Gasteiger partial charge in [-0.3, -0.25) is 0 Å². The van der Waals surface area contributed by atoms with Crippen LogP contribution in [0.25, 0.3) is 0 Å². The van der Waals surface area contributed by atoms with Crippen LogP contribution in [0.4, 0.5) is 0 Å². The van der Waals surface area contributed by atoms with Crippen molar-refractivity contribution in [2.75, 3.05) is 0 Å². The second kappa shape index (κ2) is 3.85. The number of nitrogens with zero attached hydrogens (tertiary/aromatic N) is 1. The molecular formula is C6H6BiN. The van der Waals surface area contributed by atoms with Crippen LogP contribution < -0.4 is 0 Å². The molecule has 40 valence electrons. The molecule has 1 rings (SSSR count). The second-order valence-corrected chi connectivity index (χ2v) is 4.25. The summed E-state index contributed by atoms with van der Waals surface area (Å²) >= 11 is -0.557. The van der Waals surface area contributed by atoms with Crippen LogP contribution in [-0.4, -0.2) is 23.1 Å². The average molecular weight is 301 g/mol. The van der Waals surface area contributed by atoms with Crippen molar-refractivity contribution in [2.45, 2.75) is 0 Å². The molecule has 1 aliphatic heterocycles. The molecule has 0 aromatic carbocycles. The van der Waals surface area contributed by atoms with Gasteiger partial charge < -0.3 is 0 Å². The standard InChI is InChI=1S/C6H6N.Bi/c1-2-3-4-5-6-7;/h1-6H;/b2-1?,4-3-,6-5-;. The first-order valence-corrected chi connectivity index (χ1v) is 5.95. The summed E-state index contributed by atoms with van der Waals surface area (Å²) in [5.74, 6) is 0. The molecule has 0 saturated carbocycles. The first-order chi connectivity index (χ1) is 4.00. The van der Waals surface area contributed by atoms with Crippen LogP contribution in [0.1, 0.15) is 0 Å². The van der Waals surface area contributed by atoms with E-state index >= 15 is 0 Å². The molecule has 1 nitrogen and oxygen atoms in total. The Morgan fingerprint density at radius 1 is 1.00 bits per heavy atom. The molecule has 0 aliphatic carbocycles. The van der Waals surface area contributed by atoms with Crippen molar-refractivity contribution in [3.05, 3.63) is 34.3 Å². The molecule has 1 aliphatic rings. The number of rotatable bonds is 0. The van der Waals surface area contributed by atoms with E-state index in [9.17, 15) is 0 Å². The van der Waals surface area contributed by atoms with Crippen molar-refractivity contribution < 1.29 is 0 Å². The monoisotopic (exact) mass is 301 g/mol. The molecule has 0 aromatic heterocycles. The molecule has 0 aromatic rings. The summed E-state index contributed by atoms with van der Waals surface area (Å²) in [5, 5.41) is 0. The van der Waals surface area contributed by atoms with E-state index in [0.29, 0.717) is 0 Å². The zero-order valence-electron chi connectivity index (χ0n) is 4.36. The van der Waals surface area contributed by atoms with Gasteiger partial charge in [0, 0.05) is 0 Å². The molecule has 0 saturated heterocycles. The third-order valence-electron chi connectivity index (χ3n) is 0.705. The van der Waals surface area contributed by atoms with Gasteiger partial charge in [-0.05, 0) is 0 Å². The summed E-state index contributed by atoms with van der Waals surface area (Å²) in [6.45, 7) is 0. The van der Waals surface area contributed by atoms with Gasteiger partial charge in [0.25, 0.3) is 0 Å². The Hall–Kier alpha value is -0.0969. The molecule has 0 amide bonds. The molecule has 0 fully saturated rings. The molecule has 0 bridgehead atoms. The fourth-order valence-electron chi connectivity index (χ4n) is 0.382.